The van der Waals surface area contributed by atoms with E-state index in [0.717, 1.165) is 55.0 Å². The van der Waals surface area contributed by atoms with E-state index in [1.807, 2.05) is 50.2 Å². The van der Waals surface area contributed by atoms with Crippen LogP contribution in [0.4, 0.5) is 4.79 Å². The highest BCUT2D eigenvalue weighted by molar-refractivity contribution is 6.32. The summed E-state index contributed by atoms with van der Waals surface area (Å²) in [4.78, 5) is 34.4. The Morgan fingerprint density at radius 2 is 1.65 bits per heavy atom. The Balaban J connectivity index is 1.24. The summed E-state index contributed by atoms with van der Waals surface area (Å²) in [6.45, 7) is 4.61. The number of nitrogens with one attached hydrogen (secondary N) is 1. The van der Waals surface area contributed by atoms with Gasteiger partial charge in [-0.3, -0.25) is 14.2 Å². The maximum Gasteiger partial charge on any atom is 0.407 e. The Labute approximate surface area is 334 Å². The number of hydrogen-bond donors (Lipinski definition) is 4. The Bertz CT molecular complexity index is 2520. The molecule has 0 bridgehead atoms. The van der Waals surface area contributed by atoms with Gasteiger partial charge < -0.3 is 35.0 Å². The van der Waals surface area contributed by atoms with Crippen molar-refractivity contribution in [3.63, 3.8) is 0 Å². The number of aliphatic hydroxyl groups excluding tert-OH is 2. The summed E-state index contributed by atoms with van der Waals surface area (Å²) in [5, 5.41) is 40.8. The topological polar surface area (TPSA) is 183 Å². The van der Waals surface area contributed by atoms with Gasteiger partial charge in [0.1, 0.15) is 36.4 Å². The van der Waals surface area contributed by atoms with Crippen molar-refractivity contribution in [3.05, 3.63) is 146 Å². The number of fused-ring (bicyclic) bond motifs is 1. The van der Waals surface area contributed by atoms with Gasteiger partial charge in [-0.2, -0.15) is 5.26 Å². The van der Waals surface area contributed by atoms with Gasteiger partial charge in [-0.25, -0.2) is 9.78 Å². The number of aliphatic hydroxyl groups is 2. The van der Waals surface area contributed by atoms with E-state index in [-0.39, 0.29) is 50.6 Å². The number of carboxylic acid groups (broad SMARTS) is 1. The normalized spacial score (nSPS) is 11.0. The maximum absolute atomic E-state index is 13.3. The molecule has 3 aromatic heterocycles. The molecule has 0 aliphatic heterocycles. The molecule has 6 aromatic rings. The van der Waals surface area contributed by atoms with Gasteiger partial charge in [0.15, 0.2) is 0 Å². The molecule has 3 aromatic carbocycles. The van der Waals surface area contributed by atoms with Crippen molar-refractivity contribution in [1.29, 1.82) is 5.26 Å². The van der Waals surface area contributed by atoms with Gasteiger partial charge in [0.25, 0.3) is 5.56 Å². The van der Waals surface area contributed by atoms with E-state index in [9.17, 15) is 30.2 Å². The first kappa shape index (κ1) is 40.4. The van der Waals surface area contributed by atoms with Crippen molar-refractivity contribution in [2.75, 3.05) is 26.3 Å². The van der Waals surface area contributed by atoms with Crippen molar-refractivity contribution in [2.24, 2.45) is 0 Å². The first-order valence-corrected chi connectivity index (χ1v) is 18.5. The van der Waals surface area contributed by atoms with Gasteiger partial charge in [0.2, 0.25) is 0 Å². The molecule has 292 valence electrons. The summed E-state index contributed by atoms with van der Waals surface area (Å²) in [6, 6.07) is 23.1. The van der Waals surface area contributed by atoms with Crippen LogP contribution in [-0.4, -0.2) is 67.0 Å². The summed E-state index contributed by atoms with van der Waals surface area (Å²) in [7, 11) is 0. The quantitative estimate of drug-likeness (QED) is 0.0811. The van der Waals surface area contributed by atoms with Crippen LogP contribution in [0.5, 0.6) is 11.5 Å². The summed E-state index contributed by atoms with van der Waals surface area (Å²) < 4.78 is 13.9. The summed E-state index contributed by atoms with van der Waals surface area (Å²) in [6.07, 6.45) is 4.92. The minimum Gasteiger partial charge on any atom is -0.488 e. The number of pyridine rings is 2. The third-order valence-electron chi connectivity index (χ3n) is 9.58. The fraction of sp³-hybridized carbons (Fsp3) is 0.233. The maximum atomic E-state index is 13.3. The van der Waals surface area contributed by atoms with Crippen LogP contribution in [0.15, 0.2) is 96.3 Å². The Hall–Kier alpha value is -6.30. The van der Waals surface area contributed by atoms with Gasteiger partial charge in [-0.05, 0) is 77.1 Å². The molecule has 0 unspecified atom stereocenters. The van der Waals surface area contributed by atoms with E-state index >= 15 is 0 Å². The molecule has 4 N–H and O–H groups in total. The van der Waals surface area contributed by atoms with Gasteiger partial charge in [0.05, 0.1) is 35.9 Å². The average molecular weight is 789 g/mol. The molecule has 0 radical (unpaired) electrons. The van der Waals surface area contributed by atoms with Crippen molar-refractivity contribution in [3.8, 4) is 39.8 Å². The fourth-order valence-electron chi connectivity index (χ4n) is 6.53. The van der Waals surface area contributed by atoms with Crippen LogP contribution in [0.3, 0.4) is 0 Å². The minimum absolute atomic E-state index is 0.0181. The molecule has 0 atom stereocenters. The standard InChI is InChI=1S/C43H41ClN6O7/c1-27-32(26-57-40-18-39(33(16-38(40)44)22-46-10-13-51)56-25-30-15-29(19-45)20-47-21-30)5-3-7-36(27)37-8-4-6-35(28(37)2)31-9-11-50-41(17-31)48-23-34(42(50)53)24-49(12-14-52)43(54)55/h3-9,11,15-18,20-21,23,46,51-52H,10,12-14,22,24-26H2,1-2H3,(H,54,55). The lowest BCUT2D eigenvalue weighted by Crippen LogP contribution is -2.34. The molecule has 1 amide bonds. The number of nitriles is 1. The number of hydrogen-bond acceptors (Lipinski definition) is 10. The third kappa shape index (κ3) is 9.40. The second-order valence-electron chi connectivity index (χ2n) is 13.3. The monoisotopic (exact) mass is 788 g/mol. The summed E-state index contributed by atoms with van der Waals surface area (Å²) in [5.41, 5.74) is 9.03. The zero-order chi connectivity index (χ0) is 40.5. The number of carbonyl (C=O) groups is 1. The molecular weight excluding hydrogens is 748 g/mol. The first-order chi connectivity index (χ1) is 27.6. The highest BCUT2D eigenvalue weighted by Crippen LogP contribution is 2.37. The lowest BCUT2D eigenvalue weighted by molar-refractivity contribution is 0.128. The van der Waals surface area contributed by atoms with E-state index in [1.54, 1.807) is 30.6 Å². The second kappa shape index (κ2) is 18.6. The number of halogens is 1. The molecular formula is C43H41ClN6O7. The second-order valence-corrected chi connectivity index (χ2v) is 13.7. The van der Waals surface area contributed by atoms with Crippen molar-refractivity contribution < 1.29 is 29.6 Å². The van der Waals surface area contributed by atoms with E-state index < -0.39 is 6.09 Å². The zero-order valence-electron chi connectivity index (χ0n) is 31.4. The fourth-order valence-corrected chi connectivity index (χ4v) is 6.78. The van der Waals surface area contributed by atoms with Crippen LogP contribution in [0.1, 0.15) is 38.9 Å². The average Bonchev–Trinajstić information content (AvgIpc) is 3.21. The van der Waals surface area contributed by atoms with Gasteiger partial charge >= 0.3 is 6.09 Å². The van der Waals surface area contributed by atoms with E-state index in [4.69, 9.17) is 21.1 Å². The molecule has 0 fully saturated rings. The summed E-state index contributed by atoms with van der Waals surface area (Å²) in [5.74, 6) is 0.974. The van der Waals surface area contributed by atoms with Crippen LogP contribution in [0.2, 0.25) is 5.02 Å². The molecule has 0 aliphatic carbocycles. The first-order valence-electron chi connectivity index (χ1n) is 18.1. The lowest BCUT2D eigenvalue weighted by atomic mass is 9.90. The van der Waals surface area contributed by atoms with Crippen LogP contribution >= 0.6 is 11.6 Å². The number of amides is 1. The lowest BCUT2D eigenvalue weighted by Gasteiger charge is -2.18. The van der Waals surface area contributed by atoms with Gasteiger partial charge in [0, 0.05) is 61.6 Å². The van der Waals surface area contributed by atoms with Crippen LogP contribution in [-0.2, 0) is 26.3 Å². The van der Waals surface area contributed by atoms with Crippen molar-refractivity contribution in [1.82, 2.24) is 24.6 Å². The highest BCUT2D eigenvalue weighted by atomic mass is 35.5. The number of rotatable bonds is 16. The molecule has 57 heavy (non-hydrogen) atoms. The molecule has 0 saturated carbocycles. The smallest absolute Gasteiger partial charge is 0.407 e. The highest BCUT2D eigenvalue weighted by Gasteiger charge is 2.18. The van der Waals surface area contributed by atoms with Crippen LogP contribution in [0, 0.1) is 25.2 Å². The SMILES string of the molecule is Cc1c(COc2cc(OCc3cncc(C#N)c3)c(CNCCO)cc2Cl)cccc1-c1cccc(-c2ccn3c(=O)c(CN(CCO)C(=O)O)cnc3c2)c1C. The van der Waals surface area contributed by atoms with E-state index in [1.165, 1.54) is 16.8 Å². The molecule has 3 heterocycles. The summed E-state index contributed by atoms with van der Waals surface area (Å²) >= 11 is 6.74. The number of benzene rings is 3. The molecule has 0 spiro atoms. The zero-order valence-corrected chi connectivity index (χ0v) is 32.2. The Morgan fingerprint density at radius 3 is 2.40 bits per heavy atom. The van der Waals surface area contributed by atoms with E-state index in [0.29, 0.717) is 40.8 Å². The number of nitrogens with zero attached hydrogens (tertiary/aromatic N) is 5. The van der Waals surface area contributed by atoms with Crippen LogP contribution < -0.4 is 20.3 Å². The van der Waals surface area contributed by atoms with Crippen molar-refractivity contribution in [2.45, 2.75) is 40.2 Å². The van der Waals surface area contributed by atoms with Gasteiger partial charge in [-0.15, -0.1) is 0 Å². The minimum atomic E-state index is -1.23. The number of ether oxygens (including phenoxy) is 2. The molecule has 0 aliphatic rings. The predicted octanol–water partition coefficient (Wildman–Crippen LogP) is 6.28. The molecule has 6 rings (SSSR count). The van der Waals surface area contributed by atoms with Crippen LogP contribution in [0.25, 0.3) is 27.9 Å². The predicted molar refractivity (Wildman–Crippen MR) is 215 cm³/mol. The number of aromatic nitrogens is 3. The molecule has 14 heteroatoms. The Morgan fingerprint density at radius 1 is 0.895 bits per heavy atom. The van der Waals surface area contributed by atoms with Gasteiger partial charge in [-0.1, -0.05) is 48.0 Å². The third-order valence-corrected chi connectivity index (χ3v) is 9.88. The van der Waals surface area contributed by atoms with E-state index in [2.05, 4.69) is 33.5 Å². The Kier molecular flexibility index (Phi) is 13.1. The molecule has 0 saturated heterocycles. The van der Waals surface area contributed by atoms with Crippen molar-refractivity contribution >= 4 is 23.3 Å². The molecule has 13 nitrogen and oxygen atoms in total. The largest absolute Gasteiger partial charge is 0.488 e.